The van der Waals surface area contributed by atoms with Crippen LogP contribution >= 0.6 is 0 Å². The molecule has 1 aromatic rings. The SMILES string of the molecule is C[C@H]1C[C@H](C)CN(C(=O)C2(NC(=O)Nc3ccc(F)cc3F)CCCCC2)C1. The van der Waals surface area contributed by atoms with Gasteiger partial charge in [0.2, 0.25) is 5.91 Å². The lowest BCUT2D eigenvalue weighted by Gasteiger charge is -2.43. The number of hydrogen-bond donors (Lipinski definition) is 2. The second-order valence-corrected chi connectivity index (χ2v) is 8.50. The standard InChI is InChI=1S/C21H29F2N3O2/c1-14-10-15(2)13-26(12-14)19(27)21(8-4-3-5-9-21)25-20(28)24-18-7-6-16(22)11-17(18)23/h6-7,11,14-15H,3-5,8-10,12-13H2,1-2H3,(H2,24,25,28)/t14-,15-/m0/s1. The predicted octanol–water partition coefficient (Wildman–Crippen LogP) is 4.29. The van der Waals surface area contributed by atoms with Crippen molar-refractivity contribution in [2.75, 3.05) is 18.4 Å². The fourth-order valence-electron chi connectivity index (χ4n) is 4.64. The minimum Gasteiger partial charge on any atom is -0.340 e. The fourth-order valence-corrected chi connectivity index (χ4v) is 4.64. The maximum absolute atomic E-state index is 13.9. The molecule has 1 aliphatic carbocycles. The van der Waals surface area contributed by atoms with Crippen molar-refractivity contribution in [1.29, 1.82) is 0 Å². The zero-order valence-corrected chi connectivity index (χ0v) is 16.6. The summed E-state index contributed by atoms with van der Waals surface area (Å²) < 4.78 is 26.9. The Hall–Kier alpha value is -2.18. The van der Waals surface area contributed by atoms with Crippen LogP contribution in [0.1, 0.15) is 52.4 Å². The highest BCUT2D eigenvalue weighted by Gasteiger charge is 2.44. The van der Waals surface area contributed by atoms with E-state index in [1.54, 1.807) is 0 Å². The zero-order valence-electron chi connectivity index (χ0n) is 16.6. The van der Waals surface area contributed by atoms with Crippen LogP contribution in [0.25, 0.3) is 0 Å². The van der Waals surface area contributed by atoms with Crippen molar-refractivity contribution in [2.45, 2.75) is 57.9 Å². The summed E-state index contributed by atoms with van der Waals surface area (Å²) in [6.07, 6.45) is 4.98. The molecule has 2 fully saturated rings. The van der Waals surface area contributed by atoms with Crippen LogP contribution in [0.4, 0.5) is 19.3 Å². The Bertz CT molecular complexity index is 724. The highest BCUT2D eigenvalue weighted by molar-refractivity contribution is 5.96. The molecule has 5 nitrogen and oxygen atoms in total. The van der Waals surface area contributed by atoms with Crippen LogP contribution < -0.4 is 10.6 Å². The van der Waals surface area contributed by atoms with Gasteiger partial charge in [-0.1, -0.05) is 33.1 Å². The second kappa shape index (κ2) is 8.45. The maximum Gasteiger partial charge on any atom is 0.320 e. The molecule has 1 aromatic carbocycles. The molecule has 2 atom stereocenters. The Balaban J connectivity index is 1.75. The summed E-state index contributed by atoms with van der Waals surface area (Å²) in [5.74, 6) is -0.750. The number of carbonyl (C=O) groups excluding carboxylic acids is 2. The van der Waals surface area contributed by atoms with Crippen molar-refractivity contribution < 1.29 is 18.4 Å². The van der Waals surface area contributed by atoms with Gasteiger partial charge >= 0.3 is 6.03 Å². The van der Waals surface area contributed by atoms with E-state index < -0.39 is 23.2 Å². The van der Waals surface area contributed by atoms with E-state index in [4.69, 9.17) is 0 Å². The van der Waals surface area contributed by atoms with Crippen LogP contribution in [0, 0.1) is 23.5 Å². The van der Waals surface area contributed by atoms with Crippen molar-refractivity contribution in [3.63, 3.8) is 0 Å². The number of amides is 3. The van der Waals surface area contributed by atoms with E-state index in [0.717, 1.165) is 31.7 Å². The number of piperidine rings is 1. The van der Waals surface area contributed by atoms with Gasteiger partial charge in [-0.25, -0.2) is 13.6 Å². The number of nitrogens with zero attached hydrogens (tertiary/aromatic N) is 1. The zero-order chi connectivity index (χ0) is 20.3. The maximum atomic E-state index is 13.9. The monoisotopic (exact) mass is 393 g/mol. The molecule has 0 spiro atoms. The van der Waals surface area contributed by atoms with Crippen molar-refractivity contribution in [3.8, 4) is 0 Å². The molecular weight excluding hydrogens is 364 g/mol. The first-order chi connectivity index (χ1) is 13.3. The summed E-state index contributed by atoms with van der Waals surface area (Å²) in [7, 11) is 0. The van der Waals surface area contributed by atoms with Gasteiger partial charge in [-0.15, -0.1) is 0 Å². The van der Waals surface area contributed by atoms with E-state index in [1.165, 1.54) is 6.07 Å². The Morgan fingerprint density at radius 3 is 2.32 bits per heavy atom. The number of anilines is 1. The van der Waals surface area contributed by atoms with Crippen LogP contribution in [0.3, 0.4) is 0 Å². The quantitative estimate of drug-likeness (QED) is 0.805. The lowest BCUT2D eigenvalue weighted by Crippen LogP contribution is -2.62. The van der Waals surface area contributed by atoms with Crippen LogP contribution in [-0.4, -0.2) is 35.5 Å². The third-order valence-corrected chi connectivity index (χ3v) is 5.80. The summed E-state index contributed by atoms with van der Waals surface area (Å²) >= 11 is 0. The minimum atomic E-state index is -0.963. The van der Waals surface area contributed by atoms with Crippen LogP contribution in [0.15, 0.2) is 18.2 Å². The number of halogens is 2. The lowest BCUT2D eigenvalue weighted by molar-refractivity contribution is -0.142. The van der Waals surface area contributed by atoms with Crippen LogP contribution in [0.2, 0.25) is 0 Å². The molecule has 0 bridgehead atoms. The first-order valence-electron chi connectivity index (χ1n) is 10.1. The Labute approximate surface area is 164 Å². The molecule has 0 unspecified atom stereocenters. The third-order valence-electron chi connectivity index (χ3n) is 5.80. The third kappa shape index (κ3) is 4.62. The smallest absolute Gasteiger partial charge is 0.320 e. The molecule has 0 radical (unpaired) electrons. The summed E-state index contributed by atoms with van der Waals surface area (Å²) in [6.45, 7) is 5.67. The highest BCUT2D eigenvalue weighted by Crippen LogP contribution is 2.32. The number of carbonyl (C=O) groups is 2. The van der Waals surface area contributed by atoms with E-state index in [-0.39, 0.29) is 11.6 Å². The Kier molecular flexibility index (Phi) is 6.20. The van der Waals surface area contributed by atoms with Crippen molar-refractivity contribution >= 4 is 17.6 Å². The van der Waals surface area contributed by atoms with Gasteiger partial charge in [0.05, 0.1) is 5.69 Å². The second-order valence-electron chi connectivity index (χ2n) is 8.50. The first kappa shape index (κ1) is 20.6. The normalized spacial score (nSPS) is 24.5. The molecule has 3 rings (SSSR count). The molecule has 3 amide bonds. The molecular formula is C21H29F2N3O2. The van der Waals surface area contributed by atoms with Gasteiger partial charge in [-0.05, 0) is 43.2 Å². The molecule has 1 heterocycles. The molecule has 1 saturated heterocycles. The number of rotatable bonds is 3. The van der Waals surface area contributed by atoms with E-state index in [0.29, 0.717) is 43.8 Å². The summed E-state index contributed by atoms with van der Waals surface area (Å²) in [4.78, 5) is 27.9. The number of nitrogens with one attached hydrogen (secondary N) is 2. The van der Waals surface area contributed by atoms with Gasteiger partial charge in [-0.2, -0.15) is 0 Å². The van der Waals surface area contributed by atoms with E-state index in [2.05, 4.69) is 24.5 Å². The number of urea groups is 1. The number of hydrogen-bond acceptors (Lipinski definition) is 2. The van der Waals surface area contributed by atoms with Gasteiger partial charge < -0.3 is 15.5 Å². The lowest BCUT2D eigenvalue weighted by atomic mass is 9.79. The average molecular weight is 393 g/mol. The van der Waals surface area contributed by atoms with Crippen LogP contribution in [0.5, 0.6) is 0 Å². The van der Waals surface area contributed by atoms with Crippen LogP contribution in [-0.2, 0) is 4.79 Å². The van der Waals surface area contributed by atoms with Gasteiger partial charge in [0.25, 0.3) is 0 Å². The van der Waals surface area contributed by atoms with Crippen molar-refractivity contribution in [3.05, 3.63) is 29.8 Å². The Morgan fingerprint density at radius 2 is 1.71 bits per heavy atom. The molecule has 0 aromatic heterocycles. The minimum absolute atomic E-state index is 0.0414. The van der Waals surface area contributed by atoms with E-state index in [1.807, 2.05) is 4.90 Å². The first-order valence-corrected chi connectivity index (χ1v) is 10.1. The Morgan fingerprint density at radius 1 is 1.07 bits per heavy atom. The van der Waals surface area contributed by atoms with Gasteiger partial charge in [-0.3, -0.25) is 4.79 Å². The number of benzene rings is 1. The molecule has 7 heteroatoms. The van der Waals surface area contributed by atoms with E-state index in [9.17, 15) is 18.4 Å². The fraction of sp³-hybridized carbons (Fsp3) is 0.619. The number of likely N-dealkylation sites (tertiary alicyclic amines) is 1. The molecule has 2 N–H and O–H groups in total. The topological polar surface area (TPSA) is 61.4 Å². The predicted molar refractivity (Wildman–Crippen MR) is 104 cm³/mol. The van der Waals surface area contributed by atoms with Crippen molar-refractivity contribution in [2.24, 2.45) is 11.8 Å². The average Bonchev–Trinajstić information content (AvgIpc) is 2.63. The van der Waals surface area contributed by atoms with Gasteiger partial charge in [0, 0.05) is 19.2 Å². The highest BCUT2D eigenvalue weighted by atomic mass is 19.1. The van der Waals surface area contributed by atoms with Gasteiger partial charge in [0.15, 0.2) is 0 Å². The molecule has 1 aliphatic heterocycles. The molecule has 1 saturated carbocycles. The summed E-state index contributed by atoms with van der Waals surface area (Å²) in [6, 6.07) is 2.33. The summed E-state index contributed by atoms with van der Waals surface area (Å²) in [5, 5.41) is 5.27. The largest absolute Gasteiger partial charge is 0.340 e. The molecule has 154 valence electrons. The molecule has 2 aliphatic rings. The summed E-state index contributed by atoms with van der Waals surface area (Å²) in [5.41, 5.74) is -1.08. The van der Waals surface area contributed by atoms with Crippen molar-refractivity contribution in [1.82, 2.24) is 10.2 Å². The molecule has 28 heavy (non-hydrogen) atoms. The van der Waals surface area contributed by atoms with E-state index >= 15 is 0 Å². The van der Waals surface area contributed by atoms with Gasteiger partial charge in [0.1, 0.15) is 17.2 Å².